The van der Waals surface area contributed by atoms with Gasteiger partial charge in [-0.1, -0.05) is 61.5 Å². The Kier molecular flexibility index (Phi) is 4.22. The Hall–Kier alpha value is -2.68. The van der Waals surface area contributed by atoms with Crippen LogP contribution in [0.2, 0.25) is 0 Å². The average Bonchev–Trinajstić information content (AvgIpc) is 3.05. The molecule has 1 saturated heterocycles. The van der Waals surface area contributed by atoms with E-state index in [1.54, 1.807) is 0 Å². The van der Waals surface area contributed by atoms with Crippen LogP contribution in [0.5, 0.6) is 0 Å². The fraction of sp³-hybridized carbons (Fsp3) is 0.273. The van der Waals surface area contributed by atoms with E-state index >= 15 is 0 Å². The van der Waals surface area contributed by atoms with Crippen LogP contribution in [0.3, 0.4) is 0 Å². The molecule has 25 heavy (non-hydrogen) atoms. The lowest BCUT2D eigenvalue weighted by Gasteiger charge is -2.25. The Bertz CT molecular complexity index is 885. The van der Waals surface area contributed by atoms with Gasteiger partial charge in [0.2, 0.25) is 5.91 Å². The third-order valence-corrected chi connectivity index (χ3v) is 5.11. The zero-order valence-electron chi connectivity index (χ0n) is 14.4. The highest BCUT2D eigenvalue weighted by Crippen LogP contribution is 2.35. The lowest BCUT2D eigenvalue weighted by molar-refractivity contribution is -0.131. The Balaban J connectivity index is 1.61. The molecule has 2 heterocycles. The minimum Gasteiger partial charge on any atom is -0.335 e. The fourth-order valence-corrected chi connectivity index (χ4v) is 3.90. The largest absolute Gasteiger partial charge is 0.335 e. The van der Waals surface area contributed by atoms with Crippen LogP contribution in [0.15, 0.2) is 67.0 Å². The molecule has 2 atom stereocenters. The Morgan fingerprint density at radius 2 is 1.84 bits per heavy atom. The SMILES string of the molecule is CC1CC(c2ccccc2)N(C(=O)Cc2cncc3ccccc23)C1. The first-order valence-corrected chi connectivity index (χ1v) is 8.88. The zero-order valence-corrected chi connectivity index (χ0v) is 14.4. The van der Waals surface area contributed by atoms with Crippen molar-refractivity contribution in [3.63, 3.8) is 0 Å². The molecule has 4 rings (SSSR count). The maximum Gasteiger partial charge on any atom is 0.227 e. The predicted molar refractivity (Wildman–Crippen MR) is 100 cm³/mol. The van der Waals surface area contributed by atoms with Gasteiger partial charge in [-0.25, -0.2) is 0 Å². The molecule has 0 spiro atoms. The summed E-state index contributed by atoms with van der Waals surface area (Å²) in [5.41, 5.74) is 2.24. The number of hydrogen-bond donors (Lipinski definition) is 0. The molecule has 0 saturated carbocycles. The molecule has 3 heteroatoms. The normalized spacial score (nSPS) is 20.1. The molecule has 3 aromatic rings. The summed E-state index contributed by atoms with van der Waals surface area (Å²) < 4.78 is 0. The van der Waals surface area contributed by atoms with E-state index in [2.05, 4.69) is 47.1 Å². The van der Waals surface area contributed by atoms with Crippen LogP contribution in [-0.4, -0.2) is 22.3 Å². The van der Waals surface area contributed by atoms with Crippen molar-refractivity contribution in [3.05, 3.63) is 78.1 Å². The Labute approximate surface area is 148 Å². The van der Waals surface area contributed by atoms with E-state index < -0.39 is 0 Å². The molecule has 2 unspecified atom stereocenters. The molecule has 0 bridgehead atoms. The topological polar surface area (TPSA) is 33.2 Å². The van der Waals surface area contributed by atoms with Crippen LogP contribution in [0.25, 0.3) is 10.8 Å². The van der Waals surface area contributed by atoms with E-state index in [1.807, 2.05) is 36.7 Å². The summed E-state index contributed by atoms with van der Waals surface area (Å²) in [5, 5.41) is 2.21. The van der Waals surface area contributed by atoms with E-state index in [1.165, 1.54) is 5.56 Å². The highest BCUT2D eigenvalue weighted by atomic mass is 16.2. The van der Waals surface area contributed by atoms with Crippen molar-refractivity contribution in [1.29, 1.82) is 0 Å². The van der Waals surface area contributed by atoms with Crippen molar-refractivity contribution >= 4 is 16.7 Å². The maximum atomic E-state index is 13.1. The molecule has 0 aliphatic carbocycles. The summed E-state index contributed by atoms with van der Waals surface area (Å²) in [6.45, 7) is 3.05. The van der Waals surface area contributed by atoms with Crippen LogP contribution in [-0.2, 0) is 11.2 Å². The molecule has 1 amide bonds. The predicted octanol–water partition coefficient (Wildman–Crippen LogP) is 4.39. The van der Waals surface area contributed by atoms with Gasteiger partial charge in [0.15, 0.2) is 0 Å². The minimum atomic E-state index is 0.187. The second-order valence-electron chi connectivity index (χ2n) is 7.01. The van der Waals surface area contributed by atoms with E-state index in [9.17, 15) is 4.79 Å². The maximum absolute atomic E-state index is 13.1. The first-order chi connectivity index (χ1) is 12.2. The van der Waals surface area contributed by atoms with Crippen molar-refractivity contribution in [1.82, 2.24) is 9.88 Å². The Morgan fingerprint density at radius 1 is 1.08 bits per heavy atom. The van der Waals surface area contributed by atoms with Crippen LogP contribution in [0, 0.1) is 5.92 Å². The molecular formula is C22H22N2O. The number of amides is 1. The number of hydrogen-bond acceptors (Lipinski definition) is 2. The molecule has 0 N–H and O–H groups in total. The van der Waals surface area contributed by atoms with Crippen LogP contribution >= 0.6 is 0 Å². The molecule has 126 valence electrons. The zero-order chi connectivity index (χ0) is 17.2. The molecular weight excluding hydrogens is 308 g/mol. The lowest BCUT2D eigenvalue weighted by Crippen LogP contribution is -2.32. The van der Waals surface area contributed by atoms with E-state index in [-0.39, 0.29) is 11.9 Å². The van der Waals surface area contributed by atoms with Gasteiger partial charge < -0.3 is 4.90 Å². The van der Waals surface area contributed by atoms with Crippen LogP contribution in [0.4, 0.5) is 0 Å². The first kappa shape index (κ1) is 15.8. The van der Waals surface area contributed by atoms with Gasteiger partial charge in [-0.2, -0.15) is 0 Å². The highest BCUT2D eigenvalue weighted by Gasteiger charge is 2.33. The number of nitrogens with zero attached hydrogens (tertiary/aromatic N) is 2. The van der Waals surface area contributed by atoms with E-state index in [4.69, 9.17) is 0 Å². The van der Waals surface area contributed by atoms with Gasteiger partial charge in [0, 0.05) is 24.3 Å². The van der Waals surface area contributed by atoms with Gasteiger partial charge >= 0.3 is 0 Å². The summed E-state index contributed by atoms with van der Waals surface area (Å²) >= 11 is 0. The average molecular weight is 330 g/mol. The number of fused-ring (bicyclic) bond motifs is 1. The third-order valence-electron chi connectivity index (χ3n) is 5.11. The molecule has 1 aromatic heterocycles. The van der Waals surface area contributed by atoms with Gasteiger partial charge in [-0.05, 0) is 28.9 Å². The molecule has 3 nitrogen and oxygen atoms in total. The van der Waals surface area contributed by atoms with Crippen molar-refractivity contribution in [2.75, 3.05) is 6.54 Å². The van der Waals surface area contributed by atoms with Gasteiger partial charge in [-0.15, -0.1) is 0 Å². The van der Waals surface area contributed by atoms with Gasteiger partial charge in [0.05, 0.1) is 12.5 Å². The van der Waals surface area contributed by atoms with Crippen LogP contribution in [0.1, 0.15) is 30.5 Å². The van der Waals surface area contributed by atoms with Crippen LogP contribution < -0.4 is 0 Å². The van der Waals surface area contributed by atoms with Gasteiger partial charge in [-0.3, -0.25) is 9.78 Å². The van der Waals surface area contributed by atoms with Crippen molar-refractivity contribution in [3.8, 4) is 0 Å². The van der Waals surface area contributed by atoms with Crippen molar-refractivity contribution < 1.29 is 4.79 Å². The number of carbonyl (C=O) groups is 1. The summed E-state index contributed by atoms with van der Waals surface area (Å²) in [6, 6.07) is 18.7. The fourth-order valence-electron chi connectivity index (χ4n) is 3.90. The number of rotatable bonds is 3. The second-order valence-corrected chi connectivity index (χ2v) is 7.01. The lowest BCUT2D eigenvalue weighted by atomic mass is 10.0. The first-order valence-electron chi connectivity index (χ1n) is 8.88. The summed E-state index contributed by atoms with van der Waals surface area (Å²) in [5.74, 6) is 0.719. The van der Waals surface area contributed by atoms with E-state index in [0.29, 0.717) is 12.3 Å². The quantitative estimate of drug-likeness (QED) is 0.714. The number of pyridine rings is 1. The molecule has 0 radical (unpaired) electrons. The van der Waals surface area contributed by atoms with Crippen molar-refractivity contribution in [2.24, 2.45) is 5.92 Å². The minimum absolute atomic E-state index is 0.187. The number of benzene rings is 2. The summed E-state index contributed by atoms with van der Waals surface area (Å²) in [6.07, 6.45) is 5.12. The van der Waals surface area contributed by atoms with Crippen molar-refractivity contribution in [2.45, 2.75) is 25.8 Å². The molecule has 1 aliphatic heterocycles. The standard InChI is InChI=1S/C22H22N2O/c1-16-11-21(17-7-3-2-4-8-17)24(15-16)22(25)12-19-14-23-13-18-9-5-6-10-20(18)19/h2-10,13-14,16,21H,11-12,15H2,1H3. The number of carbonyl (C=O) groups excluding carboxylic acids is 1. The Morgan fingerprint density at radius 3 is 2.68 bits per heavy atom. The van der Waals surface area contributed by atoms with E-state index in [0.717, 1.165) is 29.3 Å². The second kappa shape index (κ2) is 6.67. The third kappa shape index (κ3) is 3.14. The highest BCUT2D eigenvalue weighted by molar-refractivity contribution is 5.89. The molecule has 2 aromatic carbocycles. The summed E-state index contributed by atoms with van der Waals surface area (Å²) in [7, 11) is 0. The number of likely N-dealkylation sites (tertiary alicyclic amines) is 1. The van der Waals surface area contributed by atoms with Gasteiger partial charge in [0.25, 0.3) is 0 Å². The molecule has 1 fully saturated rings. The monoisotopic (exact) mass is 330 g/mol. The molecule has 1 aliphatic rings. The number of aromatic nitrogens is 1. The van der Waals surface area contributed by atoms with Gasteiger partial charge in [0.1, 0.15) is 0 Å². The smallest absolute Gasteiger partial charge is 0.227 e. The summed E-state index contributed by atoms with van der Waals surface area (Å²) in [4.78, 5) is 19.5.